The first kappa shape index (κ1) is 22.7. The summed E-state index contributed by atoms with van der Waals surface area (Å²) in [6.07, 6.45) is -4.49. The Kier molecular flexibility index (Phi) is 6.29. The molecule has 0 unspecified atom stereocenters. The first-order valence-corrected chi connectivity index (χ1v) is 10.4. The molecule has 170 valence electrons. The van der Waals surface area contributed by atoms with E-state index in [4.69, 9.17) is 16.3 Å². The van der Waals surface area contributed by atoms with Crippen molar-refractivity contribution in [3.8, 4) is 5.75 Å². The lowest BCUT2D eigenvalue weighted by Gasteiger charge is -2.13. The lowest BCUT2D eigenvalue weighted by Crippen LogP contribution is -2.21. The van der Waals surface area contributed by atoms with Gasteiger partial charge in [0.25, 0.3) is 0 Å². The highest BCUT2D eigenvalue weighted by Crippen LogP contribution is 2.30. The van der Waals surface area contributed by atoms with Crippen LogP contribution in [-0.4, -0.2) is 15.5 Å². The van der Waals surface area contributed by atoms with Gasteiger partial charge in [-0.3, -0.25) is 4.79 Å². The normalized spacial score (nSPS) is 11.5. The van der Waals surface area contributed by atoms with Crippen molar-refractivity contribution in [2.45, 2.75) is 26.3 Å². The maximum absolute atomic E-state index is 13.0. The molecule has 5 nitrogen and oxygen atoms in total. The number of fused-ring (bicyclic) bond motifs is 1. The molecule has 4 rings (SSSR count). The van der Waals surface area contributed by atoms with Crippen LogP contribution in [-0.2, 0) is 24.1 Å². The maximum atomic E-state index is 13.0. The van der Waals surface area contributed by atoms with Crippen LogP contribution < -0.4 is 10.1 Å². The van der Waals surface area contributed by atoms with Gasteiger partial charge in [-0.25, -0.2) is 4.98 Å². The average Bonchev–Trinajstić information content (AvgIpc) is 3.11. The van der Waals surface area contributed by atoms with Crippen molar-refractivity contribution in [1.82, 2.24) is 9.55 Å². The number of benzene rings is 3. The van der Waals surface area contributed by atoms with E-state index in [1.165, 1.54) is 12.1 Å². The zero-order valence-electron chi connectivity index (χ0n) is 17.5. The van der Waals surface area contributed by atoms with Gasteiger partial charge < -0.3 is 14.6 Å². The molecule has 9 heteroatoms. The Hall–Kier alpha value is -3.52. The number of hydrogen-bond donors (Lipinski definition) is 1. The molecule has 1 amide bonds. The summed E-state index contributed by atoms with van der Waals surface area (Å²) in [5, 5.41) is 3.15. The molecule has 0 bridgehead atoms. The number of alkyl halides is 3. The maximum Gasteiger partial charge on any atom is 0.416 e. The van der Waals surface area contributed by atoms with Gasteiger partial charge in [-0.2, -0.15) is 13.2 Å². The molecule has 0 saturated carbocycles. The molecule has 0 saturated heterocycles. The number of amides is 1. The van der Waals surface area contributed by atoms with Gasteiger partial charge in [0.05, 0.1) is 16.6 Å². The summed E-state index contributed by atoms with van der Waals surface area (Å²) < 4.78 is 46.4. The minimum atomic E-state index is -4.49. The molecule has 1 N–H and O–H groups in total. The highest BCUT2D eigenvalue weighted by molar-refractivity contribution is 6.31. The minimum absolute atomic E-state index is 0.0636. The Labute approximate surface area is 192 Å². The van der Waals surface area contributed by atoms with E-state index in [2.05, 4.69) is 10.3 Å². The van der Waals surface area contributed by atoms with Crippen LogP contribution >= 0.6 is 11.6 Å². The molecule has 4 aromatic rings. The highest BCUT2D eigenvalue weighted by atomic mass is 35.5. The van der Waals surface area contributed by atoms with Gasteiger partial charge in [0.1, 0.15) is 24.7 Å². The van der Waals surface area contributed by atoms with Crippen molar-refractivity contribution < 1.29 is 22.7 Å². The molecule has 0 atom stereocenters. The van der Waals surface area contributed by atoms with Crippen LogP contribution in [0.5, 0.6) is 5.75 Å². The van der Waals surface area contributed by atoms with Crippen molar-refractivity contribution in [1.29, 1.82) is 0 Å². The molecular formula is C24H19ClF3N3O2. The molecule has 1 heterocycles. The molecule has 0 aliphatic carbocycles. The van der Waals surface area contributed by atoms with E-state index in [0.29, 0.717) is 27.6 Å². The van der Waals surface area contributed by atoms with Crippen molar-refractivity contribution in [3.05, 3.63) is 88.7 Å². The summed E-state index contributed by atoms with van der Waals surface area (Å²) >= 11 is 6.06. The van der Waals surface area contributed by atoms with E-state index >= 15 is 0 Å². The summed E-state index contributed by atoms with van der Waals surface area (Å²) in [6, 6.07) is 17.1. The first-order valence-electron chi connectivity index (χ1n) is 10.0. The van der Waals surface area contributed by atoms with E-state index in [1.807, 2.05) is 31.2 Å². The number of halogens is 4. The zero-order chi connectivity index (χ0) is 23.6. The number of aromatic nitrogens is 2. The molecule has 33 heavy (non-hydrogen) atoms. The third kappa shape index (κ3) is 5.28. The topological polar surface area (TPSA) is 56.2 Å². The number of imidazole rings is 1. The van der Waals surface area contributed by atoms with Gasteiger partial charge in [0, 0.05) is 10.7 Å². The lowest BCUT2D eigenvalue weighted by atomic mass is 10.2. The average molecular weight is 474 g/mol. The second kappa shape index (κ2) is 9.15. The SMILES string of the molecule is Cc1cc(OCc2nc3ccccc3n2CC(=O)Nc2cccc(C(F)(F)F)c2)ccc1Cl. The largest absolute Gasteiger partial charge is 0.486 e. The monoisotopic (exact) mass is 473 g/mol. The van der Waals surface area contributed by atoms with E-state index < -0.39 is 17.6 Å². The number of nitrogens with one attached hydrogen (secondary N) is 1. The summed E-state index contributed by atoms with van der Waals surface area (Å²) in [7, 11) is 0. The van der Waals surface area contributed by atoms with Crippen LogP contribution in [0.4, 0.5) is 18.9 Å². The van der Waals surface area contributed by atoms with E-state index in [0.717, 1.165) is 17.7 Å². The highest BCUT2D eigenvalue weighted by Gasteiger charge is 2.30. The van der Waals surface area contributed by atoms with Gasteiger partial charge in [0.15, 0.2) is 0 Å². The van der Waals surface area contributed by atoms with Crippen LogP contribution in [0, 0.1) is 6.92 Å². The van der Waals surface area contributed by atoms with Crippen LogP contribution in [0.2, 0.25) is 5.02 Å². The fourth-order valence-electron chi connectivity index (χ4n) is 3.38. The number of hydrogen-bond acceptors (Lipinski definition) is 3. The fraction of sp³-hybridized carbons (Fsp3) is 0.167. The Morgan fingerprint density at radius 2 is 1.88 bits per heavy atom. The van der Waals surface area contributed by atoms with Crippen molar-refractivity contribution in [3.63, 3.8) is 0 Å². The summed E-state index contributed by atoms with van der Waals surface area (Å²) in [5.41, 5.74) is 1.48. The zero-order valence-corrected chi connectivity index (χ0v) is 18.2. The Morgan fingerprint density at radius 3 is 2.64 bits per heavy atom. The van der Waals surface area contributed by atoms with Crippen LogP contribution in [0.1, 0.15) is 17.0 Å². The second-order valence-electron chi connectivity index (χ2n) is 7.43. The number of para-hydroxylation sites is 2. The smallest absolute Gasteiger partial charge is 0.416 e. The number of carbonyl (C=O) groups is 1. The lowest BCUT2D eigenvalue weighted by molar-refractivity contribution is -0.137. The van der Waals surface area contributed by atoms with Crippen LogP contribution in [0.3, 0.4) is 0 Å². The van der Waals surface area contributed by atoms with Gasteiger partial charge >= 0.3 is 6.18 Å². The quantitative estimate of drug-likeness (QED) is 0.361. The number of carbonyl (C=O) groups excluding carboxylic acids is 1. The molecule has 0 fully saturated rings. The molecule has 0 radical (unpaired) electrons. The molecule has 0 aliphatic heterocycles. The summed E-state index contributed by atoms with van der Waals surface area (Å²) in [4.78, 5) is 17.3. The Bertz CT molecular complexity index is 1320. The van der Waals surface area contributed by atoms with Gasteiger partial charge in [0.2, 0.25) is 5.91 Å². The number of nitrogens with zero attached hydrogens (tertiary/aromatic N) is 2. The van der Waals surface area contributed by atoms with Gasteiger partial charge in [-0.05, 0) is 61.0 Å². The summed E-state index contributed by atoms with van der Waals surface area (Å²) in [6.45, 7) is 1.81. The van der Waals surface area contributed by atoms with Crippen molar-refractivity contribution in [2.24, 2.45) is 0 Å². The van der Waals surface area contributed by atoms with Crippen molar-refractivity contribution >= 4 is 34.2 Å². The van der Waals surface area contributed by atoms with E-state index in [9.17, 15) is 18.0 Å². The third-order valence-corrected chi connectivity index (χ3v) is 5.43. The fourth-order valence-corrected chi connectivity index (χ4v) is 3.50. The van der Waals surface area contributed by atoms with E-state index in [1.54, 1.807) is 22.8 Å². The Morgan fingerprint density at radius 1 is 1.09 bits per heavy atom. The second-order valence-corrected chi connectivity index (χ2v) is 7.84. The number of anilines is 1. The molecular weight excluding hydrogens is 455 g/mol. The summed E-state index contributed by atoms with van der Waals surface area (Å²) in [5.74, 6) is 0.619. The molecule has 3 aromatic carbocycles. The molecule has 1 aromatic heterocycles. The predicted molar refractivity (Wildman–Crippen MR) is 120 cm³/mol. The third-order valence-electron chi connectivity index (χ3n) is 5.01. The van der Waals surface area contributed by atoms with Gasteiger partial charge in [-0.15, -0.1) is 0 Å². The van der Waals surface area contributed by atoms with E-state index in [-0.39, 0.29) is 18.8 Å². The first-order chi connectivity index (χ1) is 15.7. The predicted octanol–water partition coefficient (Wildman–Crippen LogP) is 6.23. The molecule has 0 spiro atoms. The Balaban J connectivity index is 1.55. The number of rotatable bonds is 6. The molecule has 0 aliphatic rings. The van der Waals surface area contributed by atoms with Crippen LogP contribution in [0.25, 0.3) is 11.0 Å². The van der Waals surface area contributed by atoms with Crippen molar-refractivity contribution in [2.75, 3.05) is 5.32 Å². The van der Waals surface area contributed by atoms with Crippen LogP contribution in [0.15, 0.2) is 66.7 Å². The standard InChI is InChI=1S/C24H19ClF3N3O2/c1-15-11-18(9-10-19(15)25)33-14-22-30-20-7-2-3-8-21(20)31(22)13-23(32)29-17-6-4-5-16(12-17)24(26,27)28/h2-12H,13-14H2,1H3,(H,29,32). The minimum Gasteiger partial charge on any atom is -0.486 e. The number of ether oxygens (including phenoxy) is 1. The van der Waals surface area contributed by atoms with Gasteiger partial charge in [-0.1, -0.05) is 29.8 Å². The number of aryl methyl sites for hydroxylation is 1.